The number of rotatable bonds is 6. The van der Waals surface area contributed by atoms with Crippen LogP contribution in [-0.2, 0) is 13.0 Å². The normalized spacial score (nSPS) is 14.3. The number of ether oxygens (including phenoxy) is 1. The van der Waals surface area contributed by atoms with E-state index in [1.54, 1.807) is 0 Å². The van der Waals surface area contributed by atoms with Crippen LogP contribution in [0.15, 0.2) is 103 Å². The molecule has 0 spiro atoms. The summed E-state index contributed by atoms with van der Waals surface area (Å²) in [4.78, 5) is 16.1. The number of aryl methyl sites for hydroxylation is 1. The zero-order valence-corrected chi connectivity index (χ0v) is 22.1. The Hall–Kier alpha value is -4.78. The van der Waals surface area contributed by atoms with Gasteiger partial charge in [-0.05, 0) is 55.3 Å². The number of hydrogen-bond acceptors (Lipinski definition) is 3. The summed E-state index contributed by atoms with van der Waals surface area (Å²) in [6, 6.07) is 31.5. The minimum absolute atomic E-state index is 0.203. The van der Waals surface area contributed by atoms with Crippen LogP contribution in [0.4, 0.5) is 10.5 Å². The van der Waals surface area contributed by atoms with E-state index in [-0.39, 0.29) is 12.1 Å². The Kier molecular flexibility index (Phi) is 6.63. The lowest BCUT2D eigenvalue weighted by atomic mass is 10.0. The predicted molar refractivity (Wildman–Crippen MR) is 153 cm³/mol. The first kappa shape index (κ1) is 24.6. The average Bonchev–Trinajstić information content (AvgIpc) is 3.56. The molecule has 6 rings (SSSR count). The van der Waals surface area contributed by atoms with Crippen molar-refractivity contribution in [2.24, 2.45) is 0 Å². The zero-order chi connectivity index (χ0) is 26.8. The fourth-order valence-electron chi connectivity index (χ4n) is 5.37. The van der Waals surface area contributed by atoms with Crippen molar-refractivity contribution in [2.75, 3.05) is 11.9 Å². The fourth-order valence-corrected chi connectivity index (χ4v) is 5.37. The number of anilines is 1. The first-order valence-electron chi connectivity index (χ1n) is 13.4. The molecule has 5 aromatic rings. The molecule has 39 heavy (non-hydrogen) atoms. The Bertz CT molecular complexity index is 1590. The summed E-state index contributed by atoms with van der Waals surface area (Å²) in [5.41, 5.74) is 5.65. The van der Waals surface area contributed by atoms with Gasteiger partial charge in [0.05, 0.1) is 42.0 Å². The lowest BCUT2D eigenvalue weighted by Crippen LogP contribution is -2.38. The molecule has 0 radical (unpaired) electrons. The Morgan fingerprint density at radius 3 is 2.38 bits per heavy atom. The van der Waals surface area contributed by atoms with E-state index >= 15 is 0 Å². The number of para-hydroxylation sites is 3. The molecule has 196 valence electrons. The Morgan fingerprint density at radius 1 is 0.923 bits per heavy atom. The zero-order valence-electron chi connectivity index (χ0n) is 22.1. The van der Waals surface area contributed by atoms with Crippen molar-refractivity contribution in [3.63, 3.8) is 0 Å². The monoisotopic (exact) mass is 517 g/mol. The summed E-state index contributed by atoms with van der Waals surface area (Å²) in [5.74, 6) is 1.61. The van der Waals surface area contributed by atoms with Gasteiger partial charge in [-0.3, -0.25) is 0 Å². The van der Waals surface area contributed by atoms with Crippen LogP contribution in [-0.4, -0.2) is 31.9 Å². The molecule has 1 aliphatic rings. The Balaban J connectivity index is 1.53. The van der Waals surface area contributed by atoms with Crippen LogP contribution in [0, 0.1) is 0 Å². The van der Waals surface area contributed by atoms with Gasteiger partial charge < -0.3 is 19.5 Å². The van der Waals surface area contributed by atoms with Crippen LogP contribution >= 0.6 is 0 Å². The van der Waals surface area contributed by atoms with Gasteiger partial charge in [0.2, 0.25) is 0 Å². The summed E-state index contributed by atoms with van der Waals surface area (Å²) in [6.07, 6.45) is 2.81. The lowest BCUT2D eigenvalue weighted by Gasteiger charge is -2.31. The average molecular weight is 518 g/mol. The van der Waals surface area contributed by atoms with E-state index in [0.29, 0.717) is 24.6 Å². The molecule has 0 unspecified atom stereocenters. The first-order chi connectivity index (χ1) is 19.2. The molecule has 0 fully saturated rings. The highest BCUT2D eigenvalue weighted by atomic mass is 16.5. The van der Waals surface area contributed by atoms with E-state index in [1.807, 2.05) is 83.2 Å². The molecule has 0 aliphatic carbocycles. The number of benzene rings is 3. The second-order valence-electron chi connectivity index (χ2n) is 9.45. The Labute approximate surface area is 228 Å². The third-order valence-corrected chi connectivity index (χ3v) is 7.11. The third kappa shape index (κ3) is 4.46. The van der Waals surface area contributed by atoms with Gasteiger partial charge in [-0.15, -0.1) is 0 Å². The molecule has 2 amide bonds. The van der Waals surface area contributed by atoms with E-state index in [4.69, 9.17) is 9.84 Å². The van der Waals surface area contributed by atoms with Crippen LogP contribution in [0.25, 0.3) is 11.5 Å². The molecule has 0 saturated heterocycles. The molecule has 3 heterocycles. The minimum atomic E-state index is -0.318. The highest BCUT2D eigenvalue weighted by Gasteiger charge is 2.36. The summed E-state index contributed by atoms with van der Waals surface area (Å²) < 4.78 is 9.99. The van der Waals surface area contributed by atoms with E-state index in [2.05, 4.69) is 53.3 Å². The molecule has 3 aromatic carbocycles. The van der Waals surface area contributed by atoms with Crippen molar-refractivity contribution < 1.29 is 9.53 Å². The van der Waals surface area contributed by atoms with Crippen LogP contribution in [0.2, 0.25) is 0 Å². The van der Waals surface area contributed by atoms with Crippen molar-refractivity contribution in [1.82, 2.24) is 19.2 Å². The minimum Gasteiger partial charge on any atom is -0.492 e. The van der Waals surface area contributed by atoms with Crippen molar-refractivity contribution in [2.45, 2.75) is 32.9 Å². The van der Waals surface area contributed by atoms with Crippen LogP contribution in [0.5, 0.6) is 5.75 Å². The van der Waals surface area contributed by atoms with E-state index in [0.717, 1.165) is 40.4 Å². The van der Waals surface area contributed by atoms with Gasteiger partial charge in [0.1, 0.15) is 11.6 Å². The number of hydrogen-bond donors (Lipinski definition) is 1. The highest BCUT2D eigenvalue weighted by molar-refractivity contribution is 5.91. The second kappa shape index (κ2) is 10.5. The molecule has 7 nitrogen and oxygen atoms in total. The summed E-state index contributed by atoms with van der Waals surface area (Å²) >= 11 is 0. The number of amides is 2. The van der Waals surface area contributed by atoms with E-state index in [9.17, 15) is 4.79 Å². The lowest BCUT2D eigenvalue weighted by molar-refractivity contribution is 0.194. The molecule has 1 aliphatic heterocycles. The van der Waals surface area contributed by atoms with Crippen molar-refractivity contribution in [1.29, 1.82) is 0 Å². The summed E-state index contributed by atoms with van der Waals surface area (Å²) in [6.45, 7) is 4.95. The number of carbonyl (C=O) groups is 1. The SMILES string of the molecule is CCOc1ccccc1NC(=O)N1Cc2c(CC)nn(-c3ccccc3)c2-n2cccc2[C@@H]1c1ccccc1. The number of carbonyl (C=O) groups excluding carboxylic acids is 1. The standard InChI is InChI=1S/C32H31N5O2/c1-3-26-25-22-36(32(38)33-27-18-11-12-20-29(27)39-4-2)30(23-14-7-5-8-15-23)28-19-13-21-35(28)31(25)37(34-26)24-16-9-6-10-17-24/h5-21,30H,3-4,22H2,1-2H3,(H,33,38)/t30-/m0/s1. The van der Waals surface area contributed by atoms with Crippen molar-refractivity contribution in [3.05, 3.63) is 126 Å². The van der Waals surface area contributed by atoms with Gasteiger partial charge in [-0.1, -0.05) is 67.6 Å². The maximum absolute atomic E-state index is 14.2. The van der Waals surface area contributed by atoms with Gasteiger partial charge in [-0.25, -0.2) is 9.48 Å². The molecule has 7 heteroatoms. The van der Waals surface area contributed by atoms with Crippen LogP contribution < -0.4 is 10.1 Å². The molecular formula is C32H31N5O2. The molecule has 2 aromatic heterocycles. The summed E-state index contributed by atoms with van der Waals surface area (Å²) in [5, 5.41) is 8.18. The van der Waals surface area contributed by atoms with Gasteiger partial charge in [0, 0.05) is 11.8 Å². The Morgan fingerprint density at radius 2 is 1.64 bits per heavy atom. The number of aromatic nitrogens is 3. The largest absolute Gasteiger partial charge is 0.492 e. The number of urea groups is 1. The van der Waals surface area contributed by atoms with Gasteiger partial charge in [0.25, 0.3) is 0 Å². The topological polar surface area (TPSA) is 64.3 Å². The second-order valence-corrected chi connectivity index (χ2v) is 9.45. The smallest absolute Gasteiger partial charge is 0.323 e. The van der Waals surface area contributed by atoms with Crippen molar-refractivity contribution in [3.8, 4) is 17.3 Å². The highest BCUT2D eigenvalue weighted by Crippen LogP contribution is 2.39. The van der Waals surface area contributed by atoms with Gasteiger partial charge in [-0.2, -0.15) is 5.10 Å². The first-order valence-corrected chi connectivity index (χ1v) is 13.4. The molecule has 1 atom stereocenters. The van der Waals surface area contributed by atoms with Gasteiger partial charge in [0.15, 0.2) is 0 Å². The number of fused-ring (bicyclic) bond motifs is 3. The van der Waals surface area contributed by atoms with Gasteiger partial charge >= 0.3 is 6.03 Å². The van der Waals surface area contributed by atoms with E-state index < -0.39 is 0 Å². The quantitative estimate of drug-likeness (QED) is 0.271. The number of nitrogens with zero attached hydrogens (tertiary/aromatic N) is 4. The molecule has 1 N–H and O–H groups in total. The van der Waals surface area contributed by atoms with Crippen LogP contribution in [0.1, 0.15) is 42.4 Å². The number of nitrogens with one attached hydrogen (secondary N) is 1. The molecule has 0 saturated carbocycles. The van der Waals surface area contributed by atoms with E-state index in [1.165, 1.54) is 0 Å². The van der Waals surface area contributed by atoms with Crippen molar-refractivity contribution >= 4 is 11.7 Å². The molecule has 0 bridgehead atoms. The molecular weight excluding hydrogens is 486 g/mol. The maximum atomic E-state index is 14.2. The maximum Gasteiger partial charge on any atom is 0.323 e. The fraction of sp³-hybridized carbons (Fsp3) is 0.188. The summed E-state index contributed by atoms with van der Waals surface area (Å²) in [7, 11) is 0. The predicted octanol–water partition coefficient (Wildman–Crippen LogP) is 6.76. The van der Waals surface area contributed by atoms with Crippen LogP contribution in [0.3, 0.4) is 0 Å². The third-order valence-electron chi connectivity index (χ3n) is 7.11.